The smallest absolute Gasteiger partial charge is 0.0646 e. The van der Waals surface area contributed by atoms with Gasteiger partial charge in [0.15, 0.2) is 0 Å². The van der Waals surface area contributed by atoms with Crippen molar-refractivity contribution in [2.24, 2.45) is 0 Å². The fraction of sp³-hybridized carbons (Fsp3) is 0.625. The summed E-state index contributed by atoms with van der Waals surface area (Å²) in [5, 5.41) is 3.74. The lowest BCUT2D eigenvalue weighted by Crippen LogP contribution is -2.40. The third-order valence-electron chi connectivity index (χ3n) is 3.79. The maximum Gasteiger partial charge on any atom is 0.0646 e. The van der Waals surface area contributed by atoms with E-state index in [1.807, 2.05) is 0 Å². The summed E-state index contributed by atoms with van der Waals surface area (Å²) in [7, 11) is 0. The molecular formula is C16H25NO. The number of anilines is 1. The third kappa shape index (κ3) is 3.05. The van der Waals surface area contributed by atoms with Gasteiger partial charge in [-0.25, -0.2) is 0 Å². The van der Waals surface area contributed by atoms with E-state index in [1.54, 1.807) is 0 Å². The molecule has 1 unspecified atom stereocenters. The Morgan fingerprint density at radius 1 is 1.39 bits per heavy atom. The zero-order valence-corrected chi connectivity index (χ0v) is 12.0. The zero-order chi connectivity index (χ0) is 13.2. The molecule has 2 rings (SSSR count). The quantitative estimate of drug-likeness (QED) is 0.874. The summed E-state index contributed by atoms with van der Waals surface area (Å²) in [6.07, 6.45) is 3.25. The van der Waals surface area contributed by atoms with Crippen LogP contribution in [0.2, 0.25) is 0 Å². The Hall–Kier alpha value is -1.02. The highest BCUT2D eigenvalue weighted by Crippen LogP contribution is 2.29. The normalized spacial score (nSPS) is 22.8. The lowest BCUT2D eigenvalue weighted by molar-refractivity contribution is -0.0553. The van der Waals surface area contributed by atoms with Crippen molar-refractivity contribution >= 4 is 5.69 Å². The molecule has 1 fully saturated rings. The Morgan fingerprint density at radius 3 is 2.83 bits per heavy atom. The summed E-state index contributed by atoms with van der Waals surface area (Å²) in [4.78, 5) is 0. The zero-order valence-electron chi connectivity index (χ0n) is 12.0. The summed E-state index contributed by atoms with van der Waals surface area (Å²) in [5.41, 5.74) is 4.10. The largest absolute Gasteiger partial charge is 0.382 e. The van der Waals surface area contributed by atoms with Crippen LogP contribution in [0.5, 0.6) is 0 Å². The predicted octanol–water partition coefficient (Wildman–Crippen LogP) is 3.93. The van der Waals surface area contributed by atoms with E-state index in [9.17, 15) is 0 Å². The molecule has 18 heavy (non-hydrogen) atoms. The number of rotatable bonds is 3. The SMILES string of the molecule is CCc1cccc(C)c1NC1CCOC(C)(C)C1. The van der Waals surface area contributed by atoms with Crippen LogP contribution in [0, 0.1) is 6.92 Å². The third-order valence-corrected chi connectivity index (χ3v) is 3.79. The van der Waals surface area contributed by atoms with E-state index in [0.717, 1.165) is 25.9 Å². The van der Waals surface area contributed by atoms with Crippen LogP contribution in [0.15, 0.2) is 18.2 Å². The van der Waals surface area contributed by atoms with Gasteiger partial charge in [0.05, 0.1) is 5.60 Å². The molecule has 1 N–H and O–H groups in total. The first-order chi connectivity index (χ1) is 8.52. The van der Waals surface area contributed by atoms with Crippen LogP contribution in [0.25, 0.3) is 0 Å². The van der Waals surface area contributed by atoms with Gasteiger partial charge < -0.3 is 10.1 Å². The fourth-order valence-corrected chi connectivity index (χ4v) is 2.79. The van der Waals surface area contributed by atoms with Crippen LogP contribution in [0.4, 0.5) is 5.69 Å². The van der Waals surface area contributed by atoms with Crippen LogP contribution >= 0.6 is 0 Å². The van der Waals surface area contributed by atoms with E-state index < -0.39 is 0 Å². The summed E-state index contributed by atoms with van der Waals surface area (Å²) < 4.78 is 5.78. The first kappa shape index (κ1) is 13.4. The molecule has 0 saturated carbocycles. The highest BCUT2D eigenvalue weighted by molar-refractivity contribution is 5.57. The van der Waals surface area contributed by atoms with E-state index in [4.69, 9.17) is 4.74 Å². The van der Waals surface area contributed by atoms with Gasteiger partial charge in [-0.05, 0) is 51.2 Å². The van der Waals surface area contributed by atoms with Crippen molar-refractivity contribution in [3.8, 4) is 0 Å². The molecule has 0 aromatic heterocycles. The fourth-order valence-electron chi connectivity index (χ4n) is 2.79. The van der Waals surface area contributed by atoms with Crippen molar-refractivity contribution < 1.29 is 4.74 Å². The van der Waals surface area contributed by atoms with Crippen LogP contribution in [-0.2, 0) is 11.2 Å². The molecule has 2 nitrogen and oxygen atoms in total. The van der Waals surface area contributed by atoms with Crippen molar-refractivity contribution in [1.29, 1.82) is 0 Å². The average Bonchev–Trinajstić information content (AvgIpc) is 2.30. The lowest BCUT2D eigenvalue weighted by atomic mass is 9.93. The summed E-state index contributed by atoms with van der Waals surface area (Å²) in [6, 6.07) is 7.08. The number of hydrogen-bond donors (Lipinski definition) is 1. The summed E-state index contributed by atoms with van der Waals surface area (Å²) in [5.74, 6) is 0. The Balaban J connectivity index is 2.14. The van der Waals surface area contributed by atoms with Gasteiger partial charge in [0, 0.05) is 18.3 Å². The molecule has 1 saturated heterocycles. The van der Waals surface area contributed by atoms with Crippen molar-refractivity contribution in [2.75, 3.05) is 11.9 Å². The van der Waals surface area contributed by atoms with Gasteiger partial charge in [0.1, 0.15) is 0 Å². The van der Waals surface area contributed by atoms with E-state index >= 15 is 0 Å². The Bertz CT molecular complexity index is 412. The molecule has 1 aliphatic rings. The molecule has 100 valence electrons. The second-order valence-corrected chi connectivity index (χ2v) is 5.90. The summed E-state index contributed by atoms with van der Waals surface area (Å²) in [6.45, 7) is 9.62. The molecule has 1 aromatic carbocycles. The molecule has 2 heteroatoms. The van der Waals surface area contributed by atoms with Gasteiger partial charge in [0.25, 0.3) is 0 Å². The monoisotopic (exact) mass is 247 g/mol. The minimum Gasteiger partial charge on any atom is -0.382 e. The van der Waals surface area contributed by atoms with Gasteiger partial charge in [-0.1, -0.05) is 25.1 Å². The molecular weight excluding hydrogens is 222 g/mol. The molecule has 0 bridgehead atoms. The molecule has 0 spiro atoms. The second kappa shape index (κ2) is 5.31. The van der Waals surface area contributed by atoms with Crippen molar-refractivity contribution in [3.63, 3.8) is 0 Å². The van der Waals surface area contributed by atoms with Gasteiger partial charge in [-0.3, -0.25) is 0 Å². The van der Waals surface area contributed by atoms with Gasteiger partial charge in [-0.2, -0.15) is 0 Å². The van der Waals surface area contributed by atoms with E-state index in [2.05, 4.69) is 51.2 Å². The van der Waals surface area contributed by atoms with E-state index in [-0.39, 0.29) is 5.60 Å². The molecule has 1 heterocycles. The maximum atomic E-state index is 5.78. The Labute approximate surface area is 111 Å². The first-order valence-electron chi connectivity index (χ1n) is 7.01. The molecule has 0 radical (unpaired) electrons. The highest BCUT2D eigenvalue weighted by Gasteiger charge is 2.29. The second-order valence-electron chi connectivity index (χ2n) is 5.90. The molecule has 1 aromatic rings. The highest BCUT2D eigenvalue weighted by atomic mass is 16.5. The van der Waals surface area contributed by atoms with Gasteiger partial charge in [0.2, 0.25) is 0 Å². The Morgan fingerprint density at radius 2 is 2.17 bits per heavy atom. The lowest BCUT2D eigenvalue weighted by Gasteiger charge is -2.36. The summed E-state index contributed by atoms with van der Waals surface area (Å²) >= 11 is 0. The van der Waals surface area contributed by atoms with Crippen molar-refractivity contribution in [2.45, 2.75) is 58.6 Å². The standard InChI is InChI=1S/C16H25NO/c1-5-13-8-6-7-12(2)15(13)17-14-9-10-18-16(3,4)11-14/h6-8,14,17H,5,9-11H2,1-4H3. The topological polar surface area (TPSA) is 21.3 Å². The molecule has 0 aliphatic carbocycles. The van der Waals surface area contributed by atoms with E-state index in [0.29, 0.717) is 6.04 Å². The molecule has 1 aliphatic heterocycles. The van der Waals surface area contributed by atoms with Crippen LogP contribution < -0.4 is 5.32 Å². The molecule has 0 amide bonds. The van der Waals surface area contributed by atoms with Crippen molar-refractivity contribution in [3.05, 3.63) is 29.3 Å². The van der Waals surface area contributed by atoms with Crippen molar-refractivity contribution in [1.82, 2.24) is 0 Å². The van der Waals surface area contributed by atoms with Crippen LogP contribution in [-0.4, -0.2) is 18.2 Å². The van der Waals surface area contributed by atoms with Crippen LogP contribution in [0.1, 0.15) is 44.7 Å². The van der Waals surface area contributed by atoms with Gasteiger partial charge >= 0.3 is 0 Å². The number of benzene rings is 1. The average molecular weight is 247 g/mol. The molecule has 1 atom stereocenters. The number of para-hydroxylation sites is 1. The Kier molecular flexibility index (Phi) is 3.96. The van der Waals surface area contributed by atoms with Gasteiger partial charge in [-0.15, -0.1) is 0 Å². The number of ether oxygens (including phenoxy) is 1. The predicted molar refractivity (Wildman–Crippen MR) is 77.2 cm³/mol. The van der Waals surface area contributed by atoms with E-state index in [1.165, 1.54) is 16.8 Å². The van der Waals surface area contributed by atoms with Crippen LogP contribution in [0.3, 0.4) is 0 Å². The number of hydrogen-bond acceptors (Lipinski definition) is 2. The number of nitrogens with one attached hydrogen (secondary N) is 1. The number of aryl methyl sites for hydroxylation is 2. The minimum atomic E-state index is 0.00494. The first-order valence-corrected chi connectivity index (χ1v) is 7.01. The maximum absolute atomic E-state index is 5.78. The minimum absolute atomic E-state index is 0.00494.